The first-order valence-electron chi connectivity index (χ1n) is 13.2. The maximum absolute atomic E-state index is 13.8. The topological polar surface area (TPSA) is 96.7 Å². The molecule has 0 unspecified atom stereocenters. The third kappa shape index (κ3) is 7.30. The van der Waals surface area contributed by atoms with Gasteiger partial charge in [0, 0.05) is 38.4 Å². The Morgan fingerprint density at radius 2 is 1.72 bits per heavy atom. The number of nitrogens with zero attached hydrogens (tertiary/aromatic N) is 3. The molecule has 1 saturated heterocycles. The number of urea groups is 1. The van der Waals surface area contributed by atoms with Crippen LogP contribution in [0.25, 0.3) is 0 Å². The second kappa shape index (κ2) is 12.7. The Kier molecular flexibility index (Phi) is 8.65. The number of rotatable bonds is 10. The van der Waals surface area contributed by atoms with E-state index in [1.807, 2.05) is 67.6 Å². The zero-order chi connectivity index (χ0) is 27.0. The van der Waals surface area contributed by atoms with Crippen molar-refractivity contribution >= 4 is 17.6 Å². The van der Waals surface area contributed by atoms with Crippen LogP contribution in [0.2, 0.25) is 0 Å². The summed E-state index contributed by atoms with van der Waals surface area (Å²) in [6.07, 6.45) is 0. The minimum Gasteiger partial charge on any atom is -0.464 e. The highest BCUT2D eigenvalue weighted by atomic mass is 16.7. The molecule has 10 heteroatoms. The van der Waals surface area contributed by atoms with E-state index in [2.05, 4.69) is 10.2 Å². The number of carbonyl (C=O) groups is 2. The molecule has 2 aliphatic heterocycles. The molecule has 0 bridgehead atoms. The van der Waals surface area contributed by atoms with Crippen LogP contribution < -0.4 is 14.8 Å². The Balaban J connectivity index is 1.32. The van der Waals surface area contributed by atoms with E-state index in [4.69, 9.17) is 18.6 Å². The van der Waals surface area contributed by atoms with E-state index in [1.165, 1.54) is 0 Å². The number of hydrogen-bond donors (Lipinski definition) is 1. The van der Waals surface area contributed by atoms with E-state index in [0.29, 0.717) is 55.8 Å². The molecule has 3 amide bonds. The number of aryl methyl sites for hydroxylation is 1. The molecule has 0 saturated carbocycles. The van der Waals surface area contributed by atoms with Crippen LogP contribution in [0.1, 0.15) is 17.1 Å². The fourth-order valence-corrected chi connectivity index (χ4v) is 4.58. The minimum atomic E-state index is -0.320. The van der Waals surface area contributed by atoms with Crippen molar-refractivity contribution in [2.75, 3.05) is 58.0 Å². The monoisotopic (exact) mass is 534 g/mol. The summed E-state index contributed by atoms with van der Waals surface area (Å²) in [5.41, 5.74) is 1.57. The summed E-state index contributed by atoms with van der Waals surface area (Å²) in [6, 6.07) is 18.3. The number of ether oxygens (including phenoxy) is 3. The van der Waals surface area contributed by atoms with Gasteiger partial charge in [-0.25, -0.2) is 4.79 Å². The van der Waals surface area contributed by atoms with Crippen molar-refractivity contribution in [1.29, 1.82) is 0 Å². The number of carbonyl (C=O) groups excluding carboxylic acids is 2. The maximum atomic E-state index is 13.8. The van der Waals surface area contributed by atoms with Gasteiger partial charge in [0.05, 0.1) is 19.8 Å². The molecule has 0 spiro atoms. The lowest BCUT2D eigenvalue weighted by Gasteiger charge is -2.31. The maximum Gasteiger partial charge on any atom is 0.322 e. The number of nitrogens with one attached hydrogen (secondary N) is 1. The number of para-hydroxylation sites is 1. The molecule has 2 aromatic carbocycles. The average molecular weight is 535 g/mol. The highest BCUT2D eigenvalue weighted by Crippen LogP contribution is 2.33. The van der Waals surface area contributed by atoms with Crippen LogP contribution in [0.4, 0.5) is 10.5 Å². The molecule has 0 radical (unpaired) electrons. The molecule has 10 nitrogen and oxygen atoms in total. The third-order valence-electron chi connectivity index (χ3n) is 6.73. The first-order valence-corrected chi connectivity index (χ1v) is 13.2. The lowest BCUT2D eigenvalue weighted by Crippen LogP contribution is -2.48. The first-order chi connectivity index (χ1) is 19.0. The highest BCUT2D eigenvalue weighted by molar-refractivity contribution is 5.92. The van der Waals surface area contributed by atoms with E-state index in [0.717, 1.165) is 24.4 Å². The zero-order valence-electron chi connectivity index (χ0n) is 22.1. The van der Waals surface area contributed by atoms with Crippen molar-refractivity contribution in [2.45, 2.75) is 20.0 Å². The van der Waals surface area contributed by atoms with Crippen molar-refractivity contribution in [3.63, 3.8) is 0 Å². The summed E-state index contributed by atoms with van der Waals surface area (Å²) in [4.78, 5) is 32.6. The van der Waals surface area contributed by atoms with Gasteiger partial charge in [-0.05, 0) is 48.9 Å². The Morgan fingerprint density at radius 1 is 0.923 bits per heavy atom. The molecular formula is C29H34N4O6. The number of fused-ring (bicyclic) bond motifs is 1. The van der Waals surface area contributed by atoms with Gasteiger partial charge in [-0.15, -0.1) is 0 Å². The molecule has 206 valence electrons. The Bertz CT molecular complexity index is 1260. The third-order valence-corrected chi connectivity index (χ3v) is 6.73. The van der Waals surface area contributed by atoms with Gasteiger partial charge in [0.2, 0.25) is 12.7 Å². The predicted molar refractivity (Wildman–Crippen MR) is 145 cm³/mol. The molecule has 3 aromatic rings. The highest BCUT2D eigenvalue weighted by Gasteiger charge is 2.25. The molecule has 5 rings (SSSR count). The lowest BCUT2D eigenvalue weighted by atomic mass is 10.2. The molecule has 0 aliphatic carbocycles. The summed E-state index contributed by atoms with van der Waals surface area (Å²) < 4.78 is 22.2. The van der Waals surface area contributed by atoms with E-state index in [9.17, 15) is 9.59 Å². The molecule has 0 atom stereocenters. The van der Waals surface area contributed by atoms with Crippen LogP contribution >= 0.6 is 0 Å². The number of hydrogen-bond acceptors (Lipinski definition) is 7. The molecule has 2 aliphatic rings. The quantitative estimate of drug-likeness (QED) is 0.424. The van der Waals surface area contributed by atoms with Gasteiger partial charge in [-0.2, -0.15) is 0 Å². The van der Waals surface area contributed by atoms with Gasteiger partial charge in [0.15, 0.2) is 11.5 Å². The smallest absolute Gasteiger partial charge is 0.322 e. The molecule has 39 heavy (non-hydrogen) atoms. The van der Waals surface area contributed by atoms with E-state index >= 15 is 0 Å². The second-order valence-electron chi connectivity index (χ2n) is 9.62. The van der Waals surface area contributed by atoms with Crippen molar-refractivity contribution < 1.29 is 28.2 Å². The first kappa shape index (κ1) is 26.6. The van der Waals surface area contributed by atoms with Crippen LogP contribution in [0.15, 0.2) is 65.1 Å². The largest absolute Gasteiger partial charge is 0.464 e. The number of benzene rings is 2. The van der Waals surface area contributed by atoms with Gasteiger partial charge >= 0.3 is 6.03 Å². The summed E-state index contributed by atoms with van der Waals surface area (Å²) in [6.45, 7) is 6.57. The summed E-state index contributed by atoms with van der Waals surface area (Å²) in [5.74, 6) is 2.60. The Labute approximate surface area is 228 Å². The number of furan rings is 1. The fourth-order valence-electron chi connectivity index (χ4n) is 4.58. The van der Waals surface area contributed by atoms with Gasteiger partial charge in [-0.3, -0.25) is 9.69 Å². The van der Waals surface area contributed by atoms with Crippen LogP contribution in [-0.2, 0) is 22.6 Å². The SMILES string of the molecule is Cc1ccc(CN(Cc2ccc3c(c2)OCO3)C(=O)CN(CCN2CCOCC2)C(=O)Nc2ccccc2)o1. The van der Waals surface area contributed by atoms with Crippen LogP contribution in [0.3, 0.4) is 0 Å². The average Bonchev–Trinajstić information content (AvgIpc) is 3.59. The lowest BCUT2D eigenvalue weighted by molar-refractivity contribution is -0.133. The standard InChI is InChI=1S/C29H34N4O6/c1-22-7-9-25(39-22)19-33(18-23-8-10-26-27(17-23)38-21-37-26)28(34)20-32(12-11-31-13-15-36-16-14-31)29(35)30-24-5-3-2-4-6-24/h2-10,17H,11-16,18-21H2,1H3,(H,30,35). The van der Waals surface area contributed by atoms with Gasteiger partial charge in [0.1, 0.15) is 18.1 Å². The van der Waals surface area contributed by atoms with Gasteiger partial charge < -0.3 is 33.7 Å². The van der Waals surface area contributed by atoms with Gasteiger partial charge in [-0.1, -0.05) is 24.3 Å². The van der Waals surface area contributed by atoms with E-state index in [-0.39, 0.29) is 31.8 Å². The molecular weight excluding hydrogens is 500 g/mol. The van der Waals surface area contributed by atoms with Crippen molar-refractivity contribution in [2.24, 2.45) is 0 Å². The van der Waals surface area contributed by atoms with Crippen LogP contribution in [-0.4, -0.2) is 79.4 Å². The number of amides is 3. The fraction of sp³-hybridized carbons (Fsp3) is 0.379. The summed E-state index contributed by atoms with van der Waals surface area (Å²) >= 11 is 0. The van der Waals surface area contributed by atoms with E-state index < -0.39 is 0 Å². The minimum absolute atomic E-state index is 0.0761. The summed E-state index contributed by atoms with van der Waals surface area (Å²) in [7, 11) is 0. The Morgan fingerprint density at radius 3 is 2.49 bits per heavy atom. The second-order valence-corrected chi connectivity index (χ2v) is 9.62. The number of morpholine rings is 1. The van der Waals surface area contributed by atoms with Gasteiger partial charge in [0.25, 0.3) is 0 Å². The van der Waals surface area contributed by atoms with Crippen molar-refractivity contribution in [3.05, 3.63) is 77.7 Å². The predicted octanol–water partition coefficient (Wildman–Crippen LogP) is 3.71. The molecule has 1 fully saturated rings. The zero-order valence-corrected chi connectivity index (χ0v) is 22.1. The molecule has 1 N–H and O–H groups in total. The molecule has 1 aromatic heterocycles. The van der Waals surface area contributed by atoms with E-state index in [1.54, 1.807) is 9.80 Å². The van der Waals surface area contributed by atoms with Crippen molar-refractivity contribution in [1.82, 2.24) is 14.7 Å². The summed E-state index contributed by atoms with van der Waals surface area (Å²) in [5, 5.41) is 2.93. The van der Waals surface area contributed by atoms with Crippen LogP contribution in [0, 0.1) is 6.92 Å². The number of anilines is 1. The van der Waals surface area contributed by atoms with Crippen molar-refractivity contribution in [3.8, 4) is 11.5 Å². The van der Waals surface area contributed by atoms with Crippen LogP contribution in [0.5, 0.6) is 11.5 Å². The normalized spacial score (nSPS) is 14.7. The Hall–Kier alpha value is -4.02. The molecule has 3 heterocycles.